The van der Waals surface area contributed by atoms with Crippen LogP contribution in [0.3, 0.4) is 0 Å². The molecule has 3 aliphatic rings. The number of aliphatic hydroxyl groups excluding tert-OH is 2. The van der Waals surface area contributed by atoms with Crippen LogP contribution in [0, 0.1) is 17.8 Å². The lowest BCUT2D eigenvalue weighted by atomic mass is 9.79. The molecular weight excluding hydrogens is 382 g/mol. The fraction of sp³-hybridized carbons (Fsp3) is 0.957. The van der Waals surface area contributed by atoms with Crippen LogP contribution in [-0.2, 0) is 9.63 Å². The molecule has 0 aromatic carbocycles. The monoisotopic (exact) mass is 425 g/mol. The van der Waals surface area contributed by atoms with E-state index in [4.69, 9.17) is 4.84 Å². The number of amides is 1. The Morgan fingerprint density at radius 3 is 2.80 bits per heavy atom. The first kappa shape index (κ1) is 23.9. The van der Waals surface area contributed by atoms with Gasteiger partial charge in [0.15, 0.2) is 0 Å². The number of hydrogen-bond donors (Lipinski definition) is 4. The zero-order chi connectivity index (χ0) is 21.5. The van der Waals surface area contributed by atoms with Gasteiger partial charge in [-0.25, -0.2) is 0 Å². The van der Waals surface area contributed by atoms with Crippen LogP contribution < -0.4 is 10.6 Å². The van der Waals surface area contributed by atoms with Crippen LogP contribution >= 0.6 is 0 Å². The summed E-state index contributed by atoms with van der Waals surface area (Å²) < 4.78 is 0. The van der Waals surface area contributed by atoms with Crippen molar-refractivity contribution in [2.45, 2.75) is 95.9 Å². The third-order valence-electron chi connectivity index (χ3n) is 7.46. The molecular formula is C23H43N3O4. The summed E-state index contributed by atoms with van der Waals surface area (Å²) in [5, 5.41) is 28.6. The van der Waals surface area contributed by atoms with E-state index in [-0.39, 0.29) is 12.5 Å². The van der Waals surface area contributed by atoms with Gasteiger partial charge in [-0.2, -0.15) is 5.06 Å². The predicted molar refractivity (Wildman–Crippen MR) is 117 cm³/mol. The third-order valence-corrected chi connectivity index (χ3v) is 7.46. The van der Waals surface area contributed by atoms with Gasteiger partial charge in [0, 0.05) is 25.0 Å². The standard InChI is InChI=1S/C23H43N3O4/c1-3-4-5-8-13-26-21(19(15-27)22(30-26)16(2)28)23(29)24-12-11-17-14-25-20-10-7-6-9-18(17)20/h16-22,25,27-28H,3-15H2,1-2H3,(H,24,29)/t16-,17?,18?,19-,20?,21-,22-/m0/s1. The van der Waals surface area contributed by atoms with Crippen molar-refractivity contribution in [1.29, 1.82) is 0 Å². The molecule has 3 fully saturated rings. The lowest BCUT2D eigenvalue weighted by molar-refractivity contribution is -0.187. The fourth-order valence-corrected chi connectivity index (χ4v) is 5.79. The summed E-state index contributed by atoms with van der Waals surface area (Å²) in [6.07, 6.45) is 9.32. The number of hydrogen-bond acceptors (Lipinski definition) is 6. The highest BCUT2D eigenvalue weighted by Gasteiger charge is 2.48. The molecule has 0 radical (unpaired) electrons. The Kier molecular flexibility index (Phi) is 9.38. The summed E-state index contributed by atoms with van der Waals surface area (Å²) >= 11 is 0. The van der Waals surface area contributed by atoms with Crippen LogP contribution in [0.5, 0.6) is 0 Å². The predicted octanol–water partition coefficient (Wildman–Crippen LogP) is 1.82. The fourth-order valence-electron chi connectivity index (χ4n) is 5.79. The van der Waals surface area contributed by atoms with Crippen LogP contribution in [0.25, 0.3) is 0 Å². The quantitative estimate of drug-likeness (QED) is 0.377. The van der Waals surface area contributed by atoms with Gasteiger partial charge in [0.1, 0.15) is 12.1 Å². The van der Waals surface area contributed by atoms with E-state index in [0.717, 1.165) is 44.6 Å². The van der Waals surface area contributed by atoms with Crippen molar-refractivity contribution < 1.29 is 19.8 Å². The van der Waals surface area contributed by atoms with Gasteiger partial charge >= 0.3 is 0 Å². The molecule has 174 valence electrons. The molecule has 3 unspecified atom stereocenters. The molecule has 2 heterocycles. The van der Waals surface area contributed by atoms with E-state index in [0.29, 0.717) is 25.0 Å². The van der Waals surface area contributed by atoms with E-state index < -0.39 is 24.2 Å². The average molecular weight is 426 g/mol. The lowest BCUT2D eigenvalue weighted by Crippen LogP contribution is -2.48. The first-order valence-electron chi connectivity index (χ1n) is 12.3. The van der Waals surface area contributed by atoms with E-state index in [9.17, 15) is 15.0 Å². The number of fused-ring (bicyclic) bond motifs is 1. The third kappa shape index (κ3) is 5.74. The first-order chi connectivity index (χ1) is 14.6. The Morgan fingerprint density at radius 1 is 1.27 bits per heavy atom. The second-order valence-corrected chi connectivity index (χ2v) is 9.61. The summed E-state index contributed by atoms with van der Waals surface area (Å²) in [5.41, 5.74) is 0. The normalized spacial score (nSPS) is 35.3. The van der Waals surface area contributed by atoms with Gasteiger partial charge in [-0.15, -0.1) is 0 Å². The number of unbranched alkanes of at least 4 members (excludes halogenated alkanes) is 3. The molecule has 1 saturated carbocycles. The van der Waals surface area contributed by atoms with Crippen molar-refractivity contribution in [3.05, 3.63) is 0 Å². The molecule has 0 aromatic rings. The highest BCUT2D eigenvalue weighted by Crippen LogP contribution is 2.36. The first-order valence-corrected chi connectivity index (χ1v) is 12.3. The van der Waals surface area contributed by atoms with Gasteiger partial charge < -0.3 is 20.8 Å². The zero-order valence-electron chi connectivity index (χ0n) is 18.9. The van der Waals surface area contributed by atoms with Gasteiger partial charge in [0.05, 0.1) is 12.7 Å². The van der Waals surface area contributed by atoms with Crippen molar-refractivity contribution in [3.8, 4) is 0 Å². The Morgan fingerprint density at radius 2 is 2.07 bits per heavy atom. The molecule has 7 nitrogen and oxygen atoms in total. The maximum Gasteiger partial charge on any atom is 0.240 e. The summed E-state index contributed by atoms with van der Waals surface area (Å²) in [7, 11) is 0. The van der Waals surface area contributed by atoms with Crippen molar-refractivity contribution in [3.63, 3.8) is 0 Å². The topological polar surface area (TPSA) is 94.1 Å². The molecule has 1 amide bonds. The number of nitrogens with one attached hydrogen (secondary N) is 2. The second-order valence-electron chi connectivity index (χ2n) is 9.61. The molecule has 0 bridgehead atoms. The second kappa shape index (κ2) is 11.8. The van der Waals surface area contributed by atoms with E-state index >= 15 is 0 Å². The number of rotatable bonds is 11. The molecule has 2 aliphatic heterocycles. The highest BCUT2D eigenvalue weighted by atomic mass is 16.7. The van der Waals surface area contributed by atoms with Crippen molar-refractivity contribution >= 4 is 5.91 Å². The summed E-state index contributed by atoms with van der Waals surface area (Å²) in [4.78, 5) is 19.0. The largest absolute Gasteiger partial charge is 0.396 e. The van der Waals surface area contributed by atoms with E-state index in [1.54, 1.807) is 12.0 Å². The Labute approximate surface area is 181 Å². The van der Waals surface area contributed by atoms with Gasteiger partial charge in [-0.1, -0.05) is 39.0 Å². The van der Waals surface area contributed by atoms with Crippen molar-refractivity contribution in [2.75, 3.05) is 26.2 Å². The van der Waals surface area contributed by atoms with E-state index in [1.165, 1.54) is 25.7 Å². The molecule has 3 rings (SSSR count). The van der Waals surface area contributed by atoms with E-state index in [1.807, 2.05) is 0 Å². The highest BCUT2D eigenvalue weighted by molar-refractivity contribution is 5.82. The molecule has 7 atom stereocenters. The molecule has 4 N–H and O–H groups in total. The Balaban J connectivity index is 1.53. The molecule has 1 aliphatic carbocycles. The number of nitrogens with zero attached hydrogens (tertiary/aromatic N) is 1. The zero-order valence-corrected chi connectivity index (χ0v) is 18.9. The number of hydroxylamine groups is 2. The van der Waals surface area contributed by atoms with Gasteiger partial charge in [-0.05, 0) is 51.0 Å². The molecule has 7 heteroatoms. The minimum atomic E-state index is -0.731. The van der Waals surface area contributed by atoms with Crippen molar-refractivity contribution in [2.24, 2.45) is 17.8 Å². The maximum absolute atomic E-state index is 13.1. The Hall–Kier alpha value is -0.730. The van der Waals surface area contributed by atoms with Crippen molar-refractivity contribution in [1.82, 2.24) is 15.7 Å². The van der Waals surface area contributed by atoms with Crippen LogP contribution in [0.15, 0.2) is 0 Å². The maximum atomic E-state index is 13.1. The summed E-state index contributed by atoms with van der Waals surface area (Å²) in [5.74, 6) is 0.899. The van der Waals surface area contributed by atoms with Crippen LogP contribution in [0.4, 0.5) is 0 Å². The van der Waals surface area contributed by atoms with Crippen LogP contribution in [-0.4, -0.2) is 71.7 Å². The number of carbonyl (C=O) groups excluding carboxylic acids is 1. The minimum Gasteiger partial charge on any atom is -0.396 e. The SMILES string of the molecule is CCCCCCN1O[C@@H]([C@H](C)O)[C@@H](CO)[C@H]1C(=O)NCCC1CNC2CCCCC12. The molecule has 2 saturated heterocycles. The average Bonchev–Trinajstić information content (AvgIpc) is 3.32. The van der Waals surface area contributed by atoms with Gasteiger partial charge in [-0.3, -0.25) is 9.63 Å². The van der Waals surface area contributed by atoms with Gasteiger partial charge in [0.25, 0.3) is 0 Å². The van der Waals surface area contributed by atoms with E-state index in [2.05, 4.69) is 17.6 Å². The van der Waals surface area contributed by atoms with Crippen LogP contribution in [0.2, 0.25) is 0 Å². The summed E-state index contributed by atoms with van der Waals surface area (Å²) in [6, 6.07) is 0.132. The molecule has 30 heavy (non-hydrogen) atoms. The minimum absolute atomic E-state index is 0.0844. The summed E-state index contributed by atoms with van der Waals surface area (Å²) in [6.45, 7) is 6.03. The smallest absolute Gasteiger partial charge is 0.240 e. The Bertz CT molecular complexity index is 533. The number of aliphatic hydroxyl groups is 2. The molecule has 0 aromatic heterocycles. The lowest BCUT2D eigenvalue weighted by Gasteiger charge is -2.29. The molecule has 0 spiro atoms. The van der Waals surface area contributed by atoms with Crippen LogP contribution in [0.1, 0.15) is 71.6 Å². The number of carbonyl (C=O) groups is 1. The van der Waals surface area contributed by atoms with Gasteiger partial charge in [0.2, 0.25) is 5.91 Å².